The Labute approximate surface area is 109 Å². The van der Waals surface area contributed by atoms with Gasteiger partial charge in [-0.15, -0.1) is 0 Å². The highest BCUT2D eigenvalue weighted by Crippen LogP contribution is 2.33. The van der Waals surface area contributed by atoms with E-state index in [4.69, 9.17) is 10.3 Å². The second kappa shape index (κ2) is 5.45. The molecule has 1 fully saturated rings. The highest BCUT2D eigenvalue weighted by atomic mass is 16.5. The van der Waals surface area contributed by atoms with E-state index in [0.29, 0.717) is 12.8 Å². The predicted octanol–water partition coefficient (Wildman–Crippen LogP) is 0.0216. The lowest BCUT2D eigenvalue weighted by Crippen LogP contribution is -2.50. The Hall–Kier alpha value is -1.80. The molecule has 3 N–H and O–H groups in total. The number of carbonyl (C=O) groups is 1. The predicted molar refractivity (Wildman–Crippen MR) is 63.5 cm³/mol. The molecule has 0 aromatic heterocycles. The van der Waals surface area contributed by atoms with Gasteiger partial charge in [0.2, 0.25) is 0 Å². The van der Waals surface area contributed by atoms with Crippen LogP contribution in [0, 0.1) is 0 Å². The Bertz CT molecular complexity index is 436. The van der Waals surface area contributed by atoms with Crippen LogP contribution in [-0.4, -0.2) is 52.4 Å². The number of aliphatic hydroxyl groups is 2. The van der Waals surface area contributed by atoms with Crippen molar-refractivity contribution in [3.05, 3.63) is 22.7 Å². The molecule has 2 amide bonds. The van der Waals surface area contributed by atoms with Gasteiger partial charge in [-0.25, -0.2) is 4.79 Å². The van der Waals surface area contributed by atoms with E-state index in [9.17, 15) is 15.0 Å². The van der Waals surface area contributed by atoms with Gasteiger partial charge in [0.15, 0.2) is 0 Å². The zero-order valence-electron chi connectivity index (χ0n) is 10.1. The van der Waals surface area contributed by atoms with E-state index in [2.05, 4.69) is 15.3 Å². The molecule has 0 bridgehead atoms. The lowest BCUT2D eigenvalue weighted by Gasteiger charge is -2.32. The maximum absolute atomic E-state index is 11.7. The normalized spacial score (nSPS) is 34.0. The second-order valence-corrected chi connectivity index (χ2v) is 4.48. The molecule has 9 nitrogen and oxygen atoms in total. The average Bonchev–Trinajstić information content (AvgIpc) is 2.81. The zero-order chi connectivity index (χ0) is 13.9. The molecule has 0 spiro atoms. The van der Waals surface area contributed by atoms with Crippen LogP contribution in [0.4, 0.5) is 4.79 Å². The number of aliphatic hydroxyl groups excluding tert-OH is 2. The zero-order valence-corrected chi connectivity index (χ0v) is 10.1. The molecule has 0 radical (unpaired) electrons. The first-order valence-electron chi connectivity index (χ1n) is 5.85. The molecule has 9 heteroatoms. The number of nitrogens with one attached hydrogen (secondary N) is 1. The average molecular weight is 269 g/mol. The molecule has 2 rings (SSSR count). The van der Waals surface area contributed by atoms with Crippen LogP contribution in [-0.2, 0) is 4.74 Å². The van der Waals surface area contributed by atoms with Crippen molar-refractivity contribution >= 4 is 6.03 Å². The van der Waals surface area contributed by atoms with E-state index in [1.807, 2.05) is 0 Å². The molecular weight excluding hydrogens is 254 g/mol. The van der Waals surface area contributed by atoms with E-state index in [1.54, 1.807) is 0 Å². The first kappa shape index (κ1) is 13.6. The number of urea groups is 1. The number of hydrogen-bond acceptors (Lipinski definition) is 5. The van der Waals surface area contributed by atoms with Crippen molar-refractivity contribution in [2.24, 2.45) is 5.11 Å². The molecular formula is C10H15N5O4. The van der Waals surface area contributed by atoms with E-state index < -0.39 is 24.1 Å². The maximum atomic E-state index is 11.7. The molecule has 1 saturated heterocycles. The van der Waals surface area contributed by atoms with E-state index in [0.717, 1.165) is 0 Å². The molecule has 0 aliphatic carbocycles. The number of rotatable bonds is 4. The summed E-state index contributed by atoms with van der Waals surface area (Å²) in [5.74, 6) is 0. The third kappa shape index (κ3) is 2.79. The van der Waals surface area contributed by atoms with Crippen molar-refractivity contribution in [1.29, 1.82) is 0 Å². The Morgan fingerprint density at radius 2 is 2.53 bits per heavy atom. The Morgan fingerprint density at radius 3 is 3.16 bits per heavy atom. The monoisotopic (exact) mass is 269 g/mol. The van der Waals surface area contributed by atoms with Crippen molar-refractivity contribution in [3.63, 3.8) is 0 Å². The molecule has 0 aromatic rings. The van der Waals surface area contributed by atoms with Gasteiger partial charge >= 0.3 is 6.03 Å². The van der Waals surface area contributed by atoms with Gasteiger partial charge in [0.25, 0.3) is 0 Å². The smallest absolute Gasteiger partial charge is 0.325 e. The summed E-state index contributed by atoms with van der Waals surface area (Å²) < 4.78 is 5.66. The minimum atomic E-state index is -1.00. The SMILES string of the molecule is [N-]=[N+]=NC[C@@]1(CO)CC[C@H](N2C=CC(O)NC2=O)O1. The van der Waals surface area contributed by atoms with Crippen LogP contribution in [0.5, 0.6) is 0 Å². The maximum Gasteiger partial charge on any atom is 0.325 e. The van der Waals surface area contributed by atoms with Gasteiger partial charge in [-0.2, -0.15) is 0 Å². The van der Waals surface area contributed by atoms with Crippen LogP contribution in [0.25, 0.3) is 10.4 Å². The van der Waals surface area contributed by atoms with Crippen molar-refractivity contribution in [1.82, 2.24) is 10.2 Å². The number of hydrogen-bond donors (Lipinski definition) is 3. The van der Waals surface area contributed by atoms with Gasteiger partial charge in [0.05, 0.1) is 18.8 Å². The summed E-state index contributed by atoms with van der Waals surface area (Å²) in [6.45, 7) is -0.275. The molecule has 2 aliphatic rings. The van der Waals surface area contributed by atoms with E-state index >= 15 is 0 Å². The topological polar surface area (TPSA) is 131 Å². The van der Waals surface area contributed by atoms with E-state index in [-0.39, 0.29) is 13.2 Å². The standard InChI is InChI=1S/C10H15N5O4/c11-14-12-5-10(6-16)3-1-8(19-10)15-4-2-7(17)13-9(15)18/h2,4,7-8,16-17H,1,3,5-6H2,(H,13,18)/t7?,8-,10-/m1/s1. The van der Waals surface area contributed by atoms with E-state index in [1.165, 1.54) is 17.2 Å². The summed E-state index contributed by atoms with van der Waals surface area (Å²) in [6, 6.07) is -0.475. The van der Waals surface area contributed by atoms with Crippen molar-refractivity contribution in [3.8, 4) is 0 Å². The van der Waals surface area contributed by atoms with Gasteiger partial charge < -0.3 is 20.3 Å². The third-order valence-corrected chi connectivity index (χ3v) is 3.19. The fourth-order valence-corrected chi connectivity index (χ4v) is 2.15. The summed E-state index contributed by atoms with van der Waals surface area (Å²) in [6.07, 6.45) is 2.29. The number of ether oxygens (including phenoxy) is 1. The minimum Gasteiger partial charge on any atom is -0.393 e. The van der Waals surface area contributed by atoms with Gasteiger partial charge in [-0.1, -0.05) is 5.11 Å². The minimum absolute atomic E-state index is 0.0122. The molecule has 0 saturated carbocycles. The van der Waals surface area contributed by atoms with Crippen LogP contribution in [0.1, 0.15) is 12.8 Å². The van der Waals surface area contributed by atoms with Crippen LogP contribution in [0.3, 0.4) is 0 Å². The fraction of sp³-hybridized carbons (Fsp3) is 0.700. The first-order chi connectivity index (χ1) is 9.10. The number of amides is 2. The number of nitrogens with zero attached hydrogens (tertiary/aromatic N) is 4. The summed E-state index contributed by atoms with van der Waals surface area (Å²) in [7, 11) is 0. The summed E-state index contributed by atoms with van der Waals surface area (Å²) >= 11 is 0. The van der Waals surface area contributed by atoms with Crippen molar-refractivity contribution < 1.29 is 19.7 Å². The Kier molecular flexibility index (Phi) is 3.91. The summed E-state index contributed by atoms with van der Waals surface area (Å²) in [5.41, 5.74) is 7.39. The quantitative estimate of drug-likeness (QED) is 0.377. The lowest BCUT2D eigenvalue weighted by atomic mass is 10.0. The highest BCUT2D eigenvalue weighted by molar-refractivity contribution is 5.77. The van der Waals surface area contributed by atoms with Crippen LogP contribution >= 0.6 is 0 Å². The highest BCUT2D eigenvalue weighted by Gasteiger charge is 2.43. The number of azide groups is 1. The van der Waals surface area contributed by atoms with Crippen LogP contribution in [0.15, 0.2) is 17.4 Å². The van der Waals surface area contributed by atoms with Crippen molar-refractivity contribution in [2.45, 2.75) is 30.9 Å². The van der Waals surface area contributed by atoms with Gasteiger partial charge in [-0.3, -0.25) is 4.90 Å². The summed E-state index contributed by atoms with van der Waals surface area (Å²) in [5, 5.41) is 24.4. The fourth-order valence-electron chi connectivity index (χ4n) is 2.15. The second-order valence-electron chi connectivity index (χ2n) is 4.48. The molecule has 104 valence electrons. The first-order valence-corrected chi connectivity index (χ1v) is 5.85. The lowest BCUT2D eigenvalue weighted by molar-refractivity contribution is -0.100. The molecule has 2 heterocycles. The Balaban J connectivity index is 2.06. The summed E-state index contributed by atoms with van der Waals surface area (Å²) in [4.78, 5) is 15.6. The molecule has 0 aromatic carbocycles. The third-order valence-electron chi connectivity index (χ3n) is 3.19. The van der Waals surface area contributed by atoms with Crippen LogP contribution < -0.4 is 5.32 Å². The van der Waals surface area contributed by atoms with Crippen LogP contribution in [0.2, 0.25) is 0 Å². The largest absolute Gasteiger partial charge is 0.393 e. The molecule has 2 aliphatic heterocycles. The van der Waals surface area contributed by atoms with Gasteiger partial charge in [0.1, 0.15) is 12.5 Å². The number of carbonyl (C=O) groups excluding carboxylic acids is 1. The molecule has 19 heavy (non-hydrogen) atoms. The van der Waals surface area contributed by atoms with Gasteiger partial charge in [-0.05, 0) is 24.4 Å². The Morgan fingerprint density at radius 1 is 1.74 bits per heavy atom. The molecule has 1 unspecified atom stereocenters. The van der Waals surface area contributed by atoms with Crippen molar-refractivity contribution in [2.75, 3.05) is 13.2 Å². The van der Waals surface area contributed by atoms with Gasteiger partial charge in [0, 0.05) is 11.1 Å². The molecule has 3 atom stereocenters.